The minimum Gasteiger partial charge on any atom is -0.490 e. The van der Waals surface area contributed by atoms with Crippen molar-refractivity contribution in [2.45, 2.75) is 68.1 Å². The topological polar surface area (TPSA) is 143 Å². The van der Waals surface area contributed by atoms with Crippen molar-refractivity contribution in [1.82, 2.24) is 9.21 Å². The average Bonchev–Trinajstić information content (AvgIpc) is 3.06. The van der Waals surface area contributed by atoms with Gasteiger partial charge < -0.3 is 19.5 Å². The van der Waals surface area contributed by atoms with E-state index in [0.717, 1.165) is 6.42 Å². The van der Waals surface area contributed by atoms with Gasteiger partial charge >= 0.3 is 0 Å². The highest BCUT2D eigenvalue weighted by atomic mass is 35.5. The fraction of sp³-hybridized carbons (Fsp3) is 0.441. The number of nitrogens with one attached hydrogen (secondary N) is 1. The van der Waals surface area contributed by atoms with Gasteiger partial charge in [0.1, 0.15) is 5.75 Å². The van der Waals surface area contributed by atoms with Gasteiger partial charge in [-0.15, -0.1) is 0 Å². The molecular formula is C34H43Cl2N3O8S2. The molecular weight excluding hydrogens is 713 g/mol. The molecule has 0 spiro atoms. The van der Waals surface area contributed by atoms with Gasteiger partial charge in [0.15, 0.2) is 0 Å². The van der Waals surface area contributed by atoms with E-state index in [1.165, 1.54) is 76.9 Å². The Kier molecular flexibility index (Phi) is 13.4. The first kappa shape index (κ1) is 38.9. The van der Waals surface area contributed by atoms with Gasteiger partial charge in [0.25, 0.3) is 15.9 Å². The van der Waals surface area contributed by atoms with Gasteiger partial charge in [-0.2, -0.15) is 4.31 Å². The SMILES string of the molecule is C[C@@H]1CN([C@H](C)CO)C(=O)c2cc(NS(=O)(=O)c3ccc(Cl)cc3)ccc2O[C@@H](C)CCCCO[C@@H]1CN(C)S(=O)(=O)c1ccc(Cl)cc1. The lowest BCUT2D eigenvalue weighted by Gasteiger charge is -2.35. The number of anilines is 1. The van der Waals surface area contributed by atoms with Crippen LogP contribution in [0.4, 0.5) is 5.69 Å². The van der Waals surface area contributed by atoms with Gasteiger partial charge in [-0.05, 0) is 99.8 Å². The highest BCUT2D eigenvalue weighted by Crippen LogP contribution is 2.30. The Hall–Kier alpha value is -2.91. The van der Waals surface area contributed by atoms with E-state index in [1.54, 1.807) is 13.0 Å². The fourth-order valence-electron chi connectivity index (χ4n) is 5.41. The molecule has 3 aromatic carbocycles. The van der Waals surface area contributed by atoms with Crippen LogP contribution in [0, 0.1) is 5.92 Å². The molecule has 2 N–H and O–H groups in total. The van der Waals surface area contributed by atoms with Gasteiger partial charge in [0.05, 0.1) is 40.2 Å². The molecule has 15 heteroatoms. The van der Waals surface area contributed by atoms with Crippen LogP contribution in [0.2, 0.25) is 10.0 Å². The Bertz CT molecular complexity index is 1790. The predicted octanol–water partition coefficient (Wildman–Crippen LogP) is 5.91. The minimum absolute atomic E-state index is 0.00776. The van der Waals surface area contributed by atoms with E-state index < -0.39 is 44.0 Å². The third-order valence-corrected chi connectivity index (χ3v) is 12.1. The molecule has 1 amide bonds. The maximum Gasteiger partial charge on any atom is 0.261 e. The van der Waals surface area contributed by atoms with Crippen LogP contribution >= 0.6 is 23.2 Å². The number of ether oxygens (including phenoxy) is 2. The molecule has 4 rings (SSSR count). The van der Waals surface area contributed by atoms with Crippen molar-refractivity contribution < 1.29 is 36.2 Å². The van der Waals surface area contributed by atoms with Gasteiger partial charge in [0, 0.05) is 48.4 Å². The number of fused-ring (bicyclic) bond motifs is 1. The zero-order chi connectivity index (χ0) is 35.9. The molecule has 0 unspecified atom stereocenters. The summed E-state index contributed by atoms with van der Waals surface area (Å²) in [6, 6.07) is 15.5. The van der Waals surface area contributed by atoms with E-state index in [1.807, 2.05) is 13.8 Å². The molecule has 0 aliphatic carbocycles. The Labute approximate surface area is 299 Å². The number of amides is 1. The van der Waals surface area contributed by atoms with E-state index in [4.69, 9.17) is 32.7 Å². The van der Waals surface area contributed by atoms with Crippen LogP contribution in [-0.2, 0) is 24.8 Å². The van der Waals surface area contributed by atoms with Crippen molar-refractivity contribution >= 4 is 54.8 Å². The van der Waals surface area contributed by atoms with E-state index in [2.05, 4.69) is 4.72 Å². The van der Waals surface area contributed by atoms with Crippen LogP contribution in [-0.4, -0.2) is 88.7 Å². The number of rotatable bonds is 9. The predicted molar refractivity (Wildman–Crippen MR) is 190 cm³/mol. The second kappa shape index (κ2) is 16.9. The number of sulfonamides is 2. The van der Waals surface area contributed by atoms with Gasteiger partial charge in [-0.25, -0.2) is 16.8 Å². The molecule has 49 heavy (non-hydrogen) atoms. The second-order valence-corrected chi connectivity index (χ2v) is 16.9. The van der Waals surface area contributed by atoms with E-state index in [9.17, 15) is 26.7 Å². The van der Waals surface area contributed by atoms with Crippen molar-refractivity contribution in [3.05, 3.63) is 82.3 Å². The Balaban J connectivity index is 1.67. The monoisotopic (exact) mass is 755 g/mol. The number of benzene rings is 3. The number of hydrogen-bond donors (Lipinski definition) is 2. The lowest BCUT2D eigenvalue weighted by atomic mass is 10.0. The van der Waals surface area contributed by atoms with Gasteiger partial charge in [0.2, 0.25) is 10.0 Å². The van der Waals surface area contributed by atoms with Gasteiger partial charge in [-0.1, -0.05) is 30.1 Å². The number of carbonyl (C=O) groups excluding carboxylic acids is 1. The summed E-state index contributed by atoms with van der Waals surface area (Å²) < 4.78 is 69.5. The largest absolute Gasteiger partial charge is 0.490 e. The minimum atomic E-state index is -4.02. The number of carbonyl (C=O) groups is 1. The summed E-state index contributed by atoms with van der Waals surface area (Å²) in [6.45, 7) is 5.55. The van der Waals surface area contributed by atoms with E-state index in [-0.39, 0.29) is 52.6 Å². The molecule has 3 aromatic rings. The maximum absolute atomic E-state index is 14.4. The summed E-state index contributed by atoms with van der Waals surface area (Å²) in [5.74, 6) is -0.617. The quantitative estimate of drug-likeness (QED) is 0.275. The molecule has 1 aliphatic rings. The second-order valence-electron chi connectivity index (χ2n) is 12.3. The van der Waals surface area contributed by atoms with Crippen LogP contribution < -0.4 is 9.46 Å². The molecule has 0 fully saturated rings. The van der Waals surface area contributed by atoms with Crippen molar-refractivity contribution in [3.8, 4) is 5.75 Å². The van der Waals surface area contributed by atoms with Crippen LogP contribution in [0.15, 0.2) is 76.5 Å². The average molecular weight is 757 g/mol. The molecule has 0 bridgehead atoms. The van der Waals surface area contributed by atoms with Crippen molar-refractivity contribution in [2.75, 3.05) is 38.1 Å². The maximum atomic E-state index is 14.4. The number of hydrogen-bond acceptors (Lipinski definition) is 8. The molecule has 0 saturated carbocycles. The molecule has 268 valence electrons. The third-order valence-electron chi connectivity index (χ3n) is 8.39. The molecule has 11 nitrogen and oxygen atoms in total. The summed E-state index contributed by atoms with van der Waals surface area (Å²) in [5.41, 5.74) is 0.243. The summed E-state index contributed by atoms with van der Waals surface area (Å²) >= 11 is 11.9. The molecule has 4 atom stereocenters. The van der Waals surface area contributed by atoms with Crippen LogP contribution in [0.3, 0.4) is 0 Å². The lowest BCUT2D eigenvalue weighted by Crippen LogP contribution is -2.48. The van der Waals surface area contributed by atoms with E-state index >= 15 is 0 Å². The molecule has 0 aromatic heterocycles. The molecule has 0 radical (unpaired) electrons. The summed E-state index contributed by atoms with van der Waals surface area (Å²) in [6.07, 6.45) is 1.18. The van der Waals surface area contributed by atoms with Crippen LogP contribution in [0.5, 0.6) is 5.75 Å². The third kappa shape index (κ3) is 10.1. The Morgan fingerprint density at radius 1 is 0.959 bits per heavy atom. The highest BCUT2D eigenvalue weighted by molar-refractivity contribution is 7.92. The summed E-state index contributed by atoms with van der Waals surface area (Å²) in [7, 11) is -6.42. The van der Waals surface area contributed by atoms with Crippen molar-refractivity contribution in [3.63, 3.8) is 0 Å². The number of halogens is 2. The first-order chi connectivity index (χ1) is 23.1. The van der Waals surface area contributed by atoms with Crippen molar-refractivity contribution in [1.29, 1.82) is 0 Å². The van der Waals surface area contributed by atoms with Crippen LogP contribution in [0.25, 0.3) is 0 Å². The van der Waals surface area contributed by atoms with Crippen molar-refractivity contribution in [2.24, 2.45) is 5.92 Å². The first-order valence-corrected chi connectivity index (χ1v) is 19.6. The van der Waals surface area contributed by atoms with E-state index in [0.29, 0.717) is 29.5 Å². The molecule has 1 aliphatic heterocycles. The fourth-order valence-corrected chi connectivity index (χ4v) is 7.90. The normalized spacial score (nSPS) is 20.6. The van der Waals surface area contributed by atoms with Crippen LogP contribution in [0.1, 0.15) is 50.4 Å². The zero-order valence-corrected chi connectivity index (χ0v) is 31.0. The van der Waals surface area contributed by atoms with Gasteiger partial charge in [-0.3, -0.25) is 9.52 Å². The Morgan fingerprint density at radius 2 is 1.57 bits per heavy atom. The summed E-state index contributed by atoms with van der Waals surface area (Å²) in [4.78, 5) is 15.9. The molecule has 0 saturated heterocycles. The number of likely N-dealkylation sites (N-methyl/N-ethyl adjacent to an activating group) is 1. The number of aliphatic hydroxyl groups excluding tert-OH is 1. The highest BCUT2D eigenvalue weighted by Gasteiger charge is 2.32. The first-order valence-electron chi connectivity index (χ1n) is 16.0. The molecule has 1 heterocycles. The Morgan fingerprint density at radius 3 is 2.18 bits per heavy atom. The summed E-state index contributed by atoms with van der Waals surface area (Å²) in [5, 5.41) is 11.0. The zero-order valence-electron chi connectivity index (χ0n) is 27.9. The standard InChI is InChI=1S/C34H43Cl2N3O8S2/c1-23-20-39(24(2)22-40)34(41)31-19-28(37-48(42,43)29-13-8-26(35)9-14-29)12-17-32(31)47-25(3)7-5-6-18-46-33(23)21-38(4)49(44,45)30-15-10-27(36)11-16-30/h8-17,19,23-25,33,37,40H,5-7,18,20-22H2,1-4H3/t23-,24-,25+,33-/m1/s1. The number of nitrogens with zero attached hydrogens (tertiary/aromatic N) is 2. The smallest absolute Gasteiger partial charge is 0.261 e. The lowest BCUT2D eigenvalue weighted by molar-refractivity contribution is -0.00833. The number of aliphatic hydroxyl groups is 1.